The fraction of sp³-hybridized carbons (Fsp3) is 0.350. The van der Waals surface area contributed by atoms with Crippen molar-refractivity contribution in [1.82, 2.24) is 30.3 Å². The summed E-state index contributed by atoms with van der Waals surface area (Å²) >= 11 is 0. The molecule has 8 heteroatoms. The van der Waals surface area contributed by atoms with E-state index < -0.39 is 0 Å². The van der Waals surface area contributed by atoms with Crippen LogP contribution in [-0.2, 0) is 0 Å². The van der Waals surface area contributed by atoms with Crippen LogP contribution < -0.4 is 10.2 Å². The Hall–Kier alpha value is -3.29. The van der Waals surface area contributed by atoms with Gasteiger partial charge < -0.3 is 10.2 Å². The van der Waals surface area contributed by atoms with Crippen LogP contribution in [0, 0.1) is 6.92 Å². The molecule has 0 saturated heterocycles. The van der Waals surface area contributed by atoms with E-state index in [1.807, 2.05) is 32.2 Å². The second-order valence-corrected chi connectivity index (χ2v) is 7.04. The summed E-state index contributed by atoms with van der Waals surface area (Å²) in [7, 11) is 2.01. The number of rotatable bonds is 5. The van der Waals surface area contributed by atoms with E-state index in [2.05, 4.69) is 30.4 Å². The van der Waals surface area contributed by atoms with Gasteiger partial charge in [0.1, 0.15) is 5.82 Å². The SMILES string of the molecule is Cc1cnc(N(C)[C@H]2CCC[C@@H]2NC(=O)c2ccccc2-n2nccn2)cn1. The fourth-order valence-electron chi connectivity index (χ4n) is 3.74. The van der Waals surface area contributed by atoms with Crippen molar-refractivity contribution in [3.63, 3.8) is 0 Å². The first-order chi connectivity index (χ1) is 13.6. The molecule has 1 aliphatic carbocycles. The number of hydrogen-bond acceptors (Lipinski definition) is 6. The molecule has 1 fully saturated rings. The molecule has 28 heavy (non-hydrogen) atoms. The summed E-state index contributed by atoms with van der Waals surface area (Å²) < 4.78 is 0. The Balaban J connectivity index is 1.52. The average molecular weight is 377 g/mol. The zero-order valence-corrected chi connectivity index (χ0v) is 16.0. The van der Waals surface area contributed by atoms with Gasteiger partial charge in [0.15, 0.2) is 0 Å². The molecule has 0 bridgehead atoms. The highest BCUT2D eigenvalue weighted by molar-refractivity contribution is 5.97. The molecule has 1 amide bonds. The number of nitrogens with one attached hydrogen (secondary N) is 1. The Labute approximate surface area is 163 Å². The number of amides is 1. The summed E-state index contributed by atoms with van der Waals surface area (Å²) in [6.45, 7) is 1.92. The van der Waals surface area contributed by atoms with Crippen LogP contribution in [0.25, 0.3) is 5.69 Å². The molecule has 2 atom stereocenters. The third kappa shape index (κ3) is 3.58. The zero-order valence-electron chi connectivity index (χ0n) is 16.0. The lowest BCUT2D eigenvalue weighted by Crippen LogP contribution is -2.48. The first kappa shape index (κ1) is 18.1. The Morgan fingerprint density at radius 3 is 2.68 bits per heavy atom. The number of benzene rings is 1. The van der Waals surface area contributed by atoms with E-state index >= 15 is 0 Å². The molecule has 2 aromatic heterocycles. The second kappa shape index (κ2) is 7.75. The van der Waals surface area contributed by atoms with Gasteiger partial charge in [0, 0.05) is 13.1 Å². The minimum Gasteiger partial charge on any atom is -0.353 e. The number of para-hydroxylation sites is 1. The van der Waals surface area contributed by atoms with Crippen LogP contribution in [0.1, 0.15) is 35.3 Å². The molecule has 3 aromatic rings. The van der Waals surface area contributed by atoms with E-state index in [4.69, 9.17) is 0 Å². The van der Waals surface area contributed by atoms with Gasteiger partial charge in [-0.05, 0) is 38.3 Å². The van der Waals surface area contributed by atoms with Crippen molar-refractivity contribution in [3.05, 3.63) is 60.3 Å². The second-order valence-electron chi connectivity index (χ2n) is 7.04. The average Bonchev–Trinajstić information content (AvgIpc) is 3.40. The predicted octanol–water partition coefficient (Wildman–Crippen LogP) is 2.15. The van der Waals surface area contributed by atoms with E-state index in [1.54, 1.807) is 30.9 Å². The largest absolute Gasteiger partial charge is 0.353 e. The molecule has 0 unspecified atom stereocenters. The summed E-state index contributed by atoms with van der Waals surface area (Å²) in [6, 6.07) is 7.58. The summed E-state index contributed by atoms with van der Waals surface area (Å²) in [6.07, 6.45) is 9.73. The van der Waals surface area contributed by atoms with E-state index in [9.17, 15) is 4.79 Å². The molecule has 8 nitrogen and oxygen atoms in total. The lowest BCUT2D eigenvalue weighted by Gasteiger charge is -2.31. The summed E-state index contributed by atoms with van der Waals surface area (Å²) in [5.41, 5.74) is 2.11. The van der Waals surface area contributed by atoms with Crippen LogP contribution in [0.4, 0.5) is 5.82 Å². The van der Waals surface area contributed by atoms with E-state index in [0.717, 1.165) is 30.8 Å². The van der Waals surface area contributed by atoms with Crippen molar-refractivity contribution < 1.29 is 4.79 Å². The maximum absolute atomic E-state index is 13.0. The molecular weight excluding hydrogens is 354 g/mol. The highest BCUT2D eigenvalue weighted by Gasteiger charge is 2.33. The minimum absolute atomic E-state index is 0.0410. The number of anilines is 1. The van der Waals surface area contributed by atoms with Crippen molar-refractivity contribution in [1.29, 1.82) is 0 Å². The van der Waals surface area contributed by atoms with Crippen LogP contribution in [0.5, 0.6) is 0 Å². The van der Waals surface area contributed by atoms with Crippen molar-refractivity contribution in [2.24, 2.45) is 0 Å². The first-order valence-electron chi connectivity index (χ1n) is 9.41. The molecule has 0 radical (unpaired) electrons. The molecule has 1 saturated carbocycles. The maximum atomic E-state index is 13.0. The number of nitrogens with zero attached hydrogens (tertiary/aromatic N) is 6. The summed E-state index contributed by atoms with van der Waals surface area (Å²) in [5, 5.41) is 11.5. The molecule has 144 valence electrons. The molecule has 0 aliphatic heterocycles. The number of carbonyl (C=O) groups is 1. The van der Waals surface area contributed by atoms with Gasteiger partial charge in [0.05, 0.1) is 47.8 Å². The molecular formula is C20H23N7O. The predicted molar refractivity (Wildman–Crippen MR) is 105 cm³/mol. The zero-order chi connectivity index (χ0) is 19.5. The third-order valence-corrected chi connectivity index (χ3v) is 5.21. The van der Waals surface area contributed by atoms with Crippen molar-refractivity contribution >= 4 is 11.7 Å². The van der Waals surface area contributed by atoms with Crippen molar-refractivity contribution in [2.45, 2.75) is 38.3 Å². The highest BCUT2D eigenvalue weighted by Crippen LogP contribution is 2.27. The van der Waals surface area contributed by atoms with Crippen LogP contribution in [0.3, 0.4) is 0 Å². The summed E-state index contributed by atoms with van der Waals surface area (Å²) in [5.74, 6) is 0.700. The number of aryl methyl sites for hydroxylation is 1. The minimum atomic E-state index is -0.117. The fourth-order valence-corrected chi connectivity index (χ4v) is 3.74. The van der Waals surface area contributed by atoms with E-state index in [1.165, 1.54) is 4.80 Å². The molecule has 1 aliphatic rings. The topological polar surface area (TPSA) is 88.8 Å². The molecule has 4 rings (SSSR count). The maximum Gasteiger partial charge on any atom is 0.253 e. The van der Waals surface area contributed by atoms with Crippen molar-refractivity contribution in [3.8, 4) is 5.69 Å². The van der Waals surface area contributed by atoms with Crippen molar-refractivity contribution in [2.75, 3.05) is 11.9 Å². The number of carbonyl (C=O) groups excluding carboxylic acids is 1. The van der Waals surface area contributed by atoms with Crippen LogP contribution in [-0.4, -0.2) is 50.0 Å². The summed E-state index contributed by atoms with van der Waals surface area (Å²) in [4.78, 5) is 25.4. The number of likely N-dealkylation sites (N-methyl/N-ethyl adjacent to an activating group) is 1. The molecule has 2 heterocycles. The van der Waals surface area contributed by atoms with Gasteiger partial charge in [-0.2, -0.15) is 15.0 Å². The molecule has 1 aromatic carbocycles. The molecule has 0 spiro atoms. The third-order valence-electron chi connectivity index (χ3n) is 5.21. The van der Waals surface area contributed by atoms with Crippen LogP contribution in [0.2, 0.25) is 0 Å². The Kier molecular flexibility index (Phi) is 5.01. The van der Waals surface area contributed by atoms with E-state index in [0.29, 0.717) is 11.3 Å². The van der Waals surface area contributed by atoms with Gasteiger partial charge in [-0.15, -0.1) is 0 Å². The number of hydrogen-bond donors (Lipinski definition) is 1. The van der Waals surface area contributed by atoms with Gasteiger partial charge in [-0.3, -0.25) is 9.78 Å². The monoisotopic (exact) mass is 377 g/mol. The number of aromatic nitrogens is 5. The van der Waals surface area contributed by atoms with Crippen LogP contribution >= 0.6 is 0 Å². The normalized spacial score (nSPS) is 18.8. The standard InChI is InChI=1S/C20H23N7O/c1-14-12-22-19(13-21-14)26(2)18-9-5-7-16(18)25-20(28)15-6-3-4-8-17(15)27-23-10-11-24-27/h3-4,6,8,10-13,16,18H,5,7,9H2,1-2H3,(H,25,28)/t16-,18-/m0/s1. The van der Waals surface area contributed by atoms with Gasteiger partial charge in [0.25, 0.3) is 5.91 Å². The Morgan fingerprint density at radius 2 is 1.93 bits per heavy atom. The Bertz CT molecular complexity index is 939. The smallest absolute Gasteiger partial charge is 0.253 e. The molecule has 1 N–H and O–H groups in total. The quantitative estimate of drug-likeness (QED) is 0.733. The van der Waals surface area contributed by atoms with Crippen LogP contribution in [0.15, 0.2) is 49.1 Å². The van der Waals surface area contributed by atoms with E-state index in [-0.39, 0.29) is 18.0 Å². The van der Waals surface area contributed by atoms with Gasteiger partial charge >= 0.3 is 0 Å². The van der Waals surface area contributed by atoms with Gasteiger partial charge in [-0.1, -0.05) is 12.1 Å². The van der Waals surface area contributed by atoms with Gasteiger partial charge in [0.2, 0.25) is 0 Å². The lowest BCUT2D eigenvalue weighted by atomic mass is 10.1. The Morgan fingerprint density at radius 1 is 1.14 bits per heavy atom. The lowest BCUT2D eigenvalue weighted by molar-refractivity contribution is 0.0934. The highest BCUT2D eigenvalue weighted by atomic mass is 16.1. The first-order valence-corrected chi connectivity index (χ1v) is 9.41. The van der Waals surface area contributed by atoms with Gasteiger partial charge in [-0.25, -0.2) is 4.98 Å².